The zero-order chi connectivity index (χ0) is 23.8. The summed E-state index contributed by atoms with van der Waals surface area (Å²) in [5.41, 5.74) is 3.14. The Balaban J connectivity index is 1.48. The molecule has 5 rings (SSSR count). The SMILES string of the molecule is O=C(CSc1nc2c(F)cccc2c(=O)n1-c1cc(Cl)cc(Cl)c1)Nc1ccc2c(c1)CCC2. The molecule has 1 N–H and O–H groups in total. The molecule has 0 fully saturated rings. The molecule has 1 heterocycles. The van der Waals surface area contributed by atoms with Gasteiger partial charge in [-0.1, -0.05) is 47.1 Å². The first-order chi connectivity index (χ1) is 16.4. The maximum absolute atomic E-state index is 14.5. The van der Waals surface area contributed by atoms with Crippen molar-refractivity contribution in [2.24, 2.45) is 0 Å². The Morgan fingerprint density at radius 3 is 2.62 bits per heavy atom. The molecule has 1 aromatic heterocycles. The van der Waals surface area contributed by atoms with E-state index in [2.05, 4.69) is 10.3 Å². The van der Waals surface area contributed by atoms with Gasteiger partial charge >= 0.3 is 0 Å². The van der Waals surface area contributed by atoms with Crippen LogP contribution in [0, 0.1) is 5.82 Å². The van der Waals surface area contributed by atoms with Crippen LogP contribution in [0.5, 0.6) is 0 Å². The largest absolute Gasteiger partial charge is 0.325 e. The van der Waals surface area contributed by atoms with Gasteiger partial charge in [0.2, 0.25) is 5.91 Å². The first-order valence-corrected chi connectivity index (χ1v) is 12.4. The smallest absolute Gasteiger partial charge is 0.266 e. The second kappa shape index (κ2) is 9.41. The van der Waals surface area contributed by atoms with Crippen LogP contribution in [0.25, 0.3) is 16.6 Å². The number of thioether (sulfide) groups is 1. The zero-order valence-electron chi connectivity index (χ0n) is 17.8. The summed E-state index contributed by atoms with van der Waals surface area (Å²) in [6, 6.07) is 14.8. The summed E-state index contributed by atoms with van der Waals surface area (Å²) in [6.07, 6.45) is 3.20. The van der Waals surface area contributed by atoms with E-state index in [1.54, 1.807) is 18.2 Å². The molecule has 1 amide bonds. The fraction of sp³-hybridized carbons (Fsp3) is 0.160. The summed E-state index contributed by atoms with van der Waals surface area (Å²) in [5.74, 6) is -0.908. The molecule has 9 heteroatoms. The molecule has 0 unspecified atom stereocenters. The average molecular weight is 514 g/mol. The molecule has 0 aliphatic heterocycles. The lowest BCUT2D eigenvalue weighted by Gasteiger charge is -2.14. The summed E-state index contributed by atoms with van der Waals surface area (Å²) >= 11 is 13.3. The predicted molar refractivity (Wildman–Crippen MR) is 135 cm³/mol. The number of carbonyl (C=O) groups is 1. The van der Waals surface area contributed by atoms with E-state index in [0.717, 1.165) is 36.7 Å². The van der Waals surface area contributed by atoms with E-state index in [1.165, 1.54) is 33.9 Å². The van der Waals surface area contributed by atoms with Gasteiger partial charge in [-0.3, -0.25) is 14.2 Å². The lowest BCUT2D eigenvalue weighted by atomic mass is 10.1. The molecule has 4 aromatic rings. The van der Waals surface area contributed by atoms with E-state index >= 15 is 0 Å². The van der Waals surface area contributed by atoms with Crippen LogP contribution in [0.4, 0.5) is 10.1 Å². The number of hydrogen-bond donors (Lipinski definition) is 1. The number of benzene rings is 3. The Labute approximate surface area is 208 Å². The molecule has 0 spiro atoms. The highest BCUT2D eigenvalue weighted by atomic mass is 35.5. The molecular weight excluding hydrogens is 496 g/mol. The normalized spacial score (nSPS) is 12.7. The molecule has 0 atom stereocenters. The number of anilines is 1. The number of nitrogens with one attached hydrogen (secondary N) is 1. The number of hydrogen-bond acceptors (Lipinski definition) is 4. The van der Waals surface area contributed by atoms with E-state index in [4.69, 9.17) is 23.2 Å². The summed E-state index contributed by atoms with van der Waals surface area (Å²) in [6.45, 7) is 0. The van der Waals surface area contributed by atoms with E-state index in [1.807, 2.05) is 18.2 Å². The van der Waals surface area contributed by atoms with E-state index in [-0.39, 0.29) is 27.7 Å². The minimum Gasteiger partial charge on any atom is -0.325 e. The molecule has 172 valence electrons. The average Bonchev–Trinajstić information content (AvgIpc) is 3.25. The van der Waals surface area contributed by atoms with Crippen molar-refractivity contribution in [1.82, 2.24) is 9.55 Å². The molecule has 1 aliphatic carbocycles. The Bertz CT molecular complexity index is 1490. The van der Waals surface area contributed by atoms with Crippen molar-refractivity contribution in [1.29, 1.82) is 0 Å². The molecule has 1 aliphatic rings. The van der Waals surface area contributed by atoms with Crippen LogP contribution in [0.1, 0.15) is 17.5 Å². The summed E-state index contributed by atoms with van der Waals surface area (Å²) < 4.78 is 15.8. The topological polar surface area (TPSA) is 64.0 Å². The minimum absolute atomic E-state index is 0.0300. The molecule has 0 bridgehead atoms. The highest BCUT2D eigenvalue weighted by molar-refractivity contribution is 7.99. The second-order valence-electron chi connectivity index (χ2n) is 7.97. The monoisotopic (exact) mass is 513 g/mol. The third kappa shape index (κ3) is 4.56. The maximum Gasteiger partial charge on any atom is 0.266 e. The van der Waals surface area contributed by atoms with Crippen LogP contribution in [-0.4, -0.2) is 21.2 Å². The fourth-order valence-electron chi connectivity index (χ4n) is 4.12. The molecule has 0 saturated carbocycles. The van der Waals surface area contributed by atoms with Gasteiger partial charge in [-0.25, -0.2) is 9.37 Å². The van der Waals surface area contributed by atoms with Crippen molar-refractivity contribution >= 4 is 57.5 Å². The molecule has 0 saturated heterocycles. The number of fused-ring (bicyclic) bond motifs is 2. The number of aromatic nitrogens is 2. The summed E-state index contributed by atoms with van der Waals surface area (Å²) in [4.78, 5) is 30.4. The predicted octanol–water partition coefficient (Wildman–Crippen LogP) is 6.05. The van der Waals surface area contributed by atoms with Crippen LogP contribution < -0.4 is 10.9 Å². The molecule has 5 nitrogen and oxygen atoms in total. The van der Waals surface area contributed by atoms with Gasteiger partial charge in [-0.15, -0.1) is 0 Å². The van der Waals surface area contributed by atoms with Gasteiger partial charge < -0.3 is 5.32 Å². The number of carbonyl (C=O) groups excluding carboxylic acids is 1. The molecule has 34 heavy (non-hydrogen) atoms. The fourth-order valence-corrected chi connectivity index (χ4v) is 5.44. The summed E-state index contributed by atoms with van der Waals surface area (Å²) in [5, 5.41) is 3.83. The number of rotatable bonds is 5. The Morgan fingerprint density at radius 2 is 1.82 bits per heavy atom. The van der Waals surface area contributed by atoms with Gasteiger partial charge in [0.15, 0.2) is 5.16 Å². The lowest BCUT2D eigenvalue weighted by molar-refractivity contribution is -0.113. The Morgan fingerprint density at radius 1 is 1.06 bits per heavy atom. The first-order valence-electron chi connectivity index (χ1n) is 10.6. The van der Waals surface area contributed by atoms with Crippen LogP contribution in [0.15, 0.2) is 64.5 Å². The van der Waals surface area contributed by atoms with Crippen molar-refractivity contribution in [3.8, 4) is 5.69 Å². The van der Waals surface area contributed by atoms with Crippen LogP contribution >= 0.6 is 35.0 Å². The Kier molecular flexibility index (Phi) is 6.34. The van der Waals surface area contributed by atoms with Crippen molar-refractivity contribution in [2.45, 2.75) is 24.4 Å². The zero-order valence-corrected chi connectivity index (χ0v) is 20.1. The third-order valence-electron chi connectivity index (χ3n) is 5.64. The van der Waals surface area contributed by atoms with Crippen molar-refractivity contribution in [3.05, 3.63) is 91.9 Å². The van der Waals surface area contributed by atoms with Crippen molar-refractivity contribution < 1.29 is 9.18 Å². The summed E-state index contributed by atoms with van der Waals surface area (Å²) in [7, 11) is 0. The number of halogens is 3. The van der Waals surface area contributed by atoms with Crippen molar-refractivity contribution in [2.75, 3.05) is 11.1 Å². The maximum atomic E-state index is 14.5. The number of aryl methyl sites for hydroxylation is 2. The highest BCUT2D eigenvalue weighted by Crippen LogP contribution is 2.28. The second-order valence-corrected chi connectivity index (χ2v) is 9.79. The van der Waals surface area contributed by atoms with Gasteiger partial charge in [0.1, 0.15) is 11.3 Å². The van der Waals surface area contributed by atoms with Crippen LogP contribution in [-0.2, 0) is 17.6 Å². The van der Waals surface area contributed by atoms with E-state index in [0.29, 0.717) is 15.7 Å². The number of amides is 1. The van der Waals surface area contributed by atoms with Crippen molar-refractivity contribution in [3.63, 3.8) is 0 Å². The lowest BCUT2D eigenvalue weighted by Crippen LogP contribution is -2.23. The third-order valence-corrected chi connectivity index (χ3v) is 7.01. The van der Waals surface area contributed by atoms with Gasteiger partial charge in [0.25, 0.3) is 5.56 Å². The van der Waals surface area contributed by atoms with Gasteiger partial charge in [0, 0.05) is 15.7 Å². The molecular formula is C25H18Cl2FN3O2S. The van der Waals surface area contributed by atoms with Crippen LogP contribution in [0.2, 0.25) is 10.0 Å². The minimum atomic E-state index is -0.615. The van der Waals surface area contributed by atoms with Gasteiger partial charge in [0.05, 0.1) is 16.8 Å². The number of para-hydroxylation sites is 1. The molecule has 3 aromatic carbocycles. The standard InChI is InChI=1S/C25H18Cl2FN3O2S/c26-16-10-17(27)12-19(11-16)31-24(33)20-5-2-6-21(28)23(20)30-25(31)34-13-22(32)29-18-8-7-14-3-1-4-15(14)9-18/h2,5-12H,1,3-4,13H2,(H,29,32). The van der Waals surface area contributed by atoms with Gasteiger partial charge in [-0.2, -0.15) is 0 Å². The quantitative estimate of drug-likeness (QED) is 0.260. The first kappa shape index (κ1) is 22.9. The van der Waals surface area contributed by atoms with Gasteiger partial charge in [-0.05, 0) is 72.9 Å². The van der Waals surface area contributed by atoms with Crippen LogP contribution in [0.3, 0.4) is 0 Å². The van der Waals surface area contributed by atoms with E-state index < -0.39 is 11.4 Å². The highest BCUT2D eigenvalue weighted by Gasteiger charge is 2.18. The number of nitrogens with zero attached hydrogens (tertiary/aromatic N) is 2. The molecule has 0 radical (unpaired) electrons. The van der Waals surface area contributed by atoms with E-state index in [9.17, 15) is 14.0 Å². The Hall–Kier alpha value is -2.87.